The van der Waals surface area contributed by atoms with Crippen molar-refractivity contribution in [1.29, 1.82) is 0 Å². The van der Waals surface area contributed by atoms with Crippen LogP contribution < -0.4 is 4.90 Å². The Morgan fingerprint density at radius 2 is 2.00 bits per heavy atom. The Hall–Kier alpha value is -0.730. The molecule has 2 rings (SSSR count). The lowest BCUT2D eigenvalue weighted by atomic mass is 9.94. The zero-order chi connectivity index (χ0) is 12.3. The lowest BCUT2D eigenvalue weighted by Gasteiger charge is -2.34. The van der Waals surface area contributed by atoms with Crippen molar-refractivity contribution >= 4 is 17.3 Å². The molecule has 0 unspecified atom stereocenters. The van der Waals surface area contributed by atoms with Crippen molar-refractivity contribution in [3.8, 4) is 0 Å². The van der Waals surface area contributed by atoms with Crippen molar-refractivity contribution in [3.63, 3.8) is 0 Å². The van der Waals surface area contributed by atoms with Crippen LogP contribution in [0.1, 0.15) is 37.7 Å². The van der Waals surface area contributed by atoms with E-state index in [4.69, 9.17) is 11.6 Å². The minimum atomic E-state index is 0.0730. The molecule has 94 valence electrons. The molecule has 0 amide bonds. The minimum Gasteiger partial charge on any atom is -0.392 e. The molecule has 2 nitrogen and oxygen atoms in total. The largest absolute Gasteiger partial charge is 0.392 e. The number of halogens is 1. The van der Waals surface area contributed by atoms with Gasteiger partial charge in [0.2, 0.25) is 0 Å². The van der Waals surface area contributed by atoms with Gasteiger partial charge < -0.3 is 10.0 Å². The van der Waals surface area contributed by atoms with Crippen molar-refractivity contribution in [1.82, 2.24) is 0 Å². The predicted molar refractivity (Wildman–Crippen MR) is 72.7 cm³/mol. The molecule has 1 aliphatic carbocycles. The van der Waals surface area contributed by atoms with Crippen molar-refractivity contribution in [2.45, 2.75) is 44.8 Å². The van der Waals surface area contributed by atoms with Gasteiger partial charge in [-0.25, -0.2) is 0 Å². The molecule has 1 N–H and O–H groups in total. The van der Waals surface area contributed by atoms with E-state index in [9.17, 15) is 5.11 Å². The zero-order valence-electron chi connectivity index (χ0n) is 10.3. The van der Waals surface area contributed by atoms with Gasteiger partial charge in [-0.1, -0.05) is 36.9 Å². The number of aliphatic hydroxyl groups is 1. The van der Waals surface area contributed by atoms with E-state index in [1.54, 1.807) is 0 Å². The average molecular weight is 254 g/mol. The van der Waals surface area contributed by atoms with Gasteiger partial charge in [0, 0.05) is 29.4 Å². The van der Waals surface area contributed by atoms with E-state index in [1.807, 2.05) is 18.2 Å². The van der Waals surface area contributed by atoms with Crippen LogP contribution in [0.2, 0.25) is 5.02 Å². The highest BCUT2D eigenvalue weighted by atomic mass is 35.5. The highest BCUT2D eigenvalue weighted by Gasteiger charge is 2.20. The van der Waals surface area contributed by atoms with Crippen molar-refractivity contribution in [3.05, 3.63) is 28.8 Å². The van der Waals surface area contributed by atoms with Crippen molar-refractivity contribution < 1.29 is 5.11 Å². The molecule has 1 aromatic carbocycles. The maximum absolute atomic E-state index is 9.39. The highest BCUT2D eigenvalue weighted by Crippen LogP contribution is 2.30. The molecule has 1 aliphatic rings. The van der Waals surface area contributed by atoms with Crippen molar-refractivity contribution in [2.24, 2.45) is 0 Å². The van der Waals surface area contributed by atoms with E-state index in [0.717, 1.165) is 16.3 Å². The van der Waals surface area contributed by atoms with Crippen LogP contribution in [-0.2, 0) is 6.61 Å². The van der Waals surface area contributed by atoms with Gasteiger partial charge in [0.25, 0.3) is 0 Å². The molecule has 1 saturated carbocycles. The molecule has 1 fully saturated rings. The third-order valence-electron chi connectivity index (χ3n) is 3.72. The fourth-order valence-corrected chi connectivity index (χ4v) is 2.83. The molecule has 17 heavy (non-hydrogen) atoms. The number of nitrogens with zero attached hydrogens (tertiary/aromatic N) is 1. The van der Waals surface area contributed by atoms with Crippen LogP contribution in [0.25, 0.3) is 0 Å². The van der Waals surface area contributed by atoms with Crippen LogP contribution >= 0.6 is 11.6 Å². The van der Waals surface area contributed by atoms with Gasteiger partial charge in [0.1, 0.15) is 0 Å². The summed E-state index contributed by atoms with van der Waals surface area (Å²) in [6.45, 7) is 0.0730. The van der Waals surface area contributed by atoms with E-state index < -0.39 is 0 Å². The van der Waals surface area contributed by atoms with E-state index in [-0.39, 0.29) is 6.61 Å². The van der Waals surface area contributed by atoms with Crippen LogP contribution in [0, 0.1) is 0 Å². The van der Waals surface area contributed by atoms with Crippen molar-refractivity contribution in [2.75, 3.05) is 11.9 Å². The Morgan fingerprint density at radius 3 is 2.65 bits per heavy atom. The first-order valence-electron chi connectivity index (χ1n) is 6.34. The van der Waals surface area contributed by atoms with Gasteiger partial charge in [-0.2, -0.15) is 0 Å². The summed E-state index contributed by atoms with van der Waals surface area (Å²) in [6, 6.07) is 6.30. The summed E-state index contributed by atoms with van der Waals surface area (Å²) >= 11 is 6.05. The number of hydrogen-bond donors (Lipinski definition) is 1. The Balaban J connectivity index is 2.21. The molecule has 0 atom stereocenters. The summed E-state index contributed by atoms with van der Waals surface area (Å²) in [5.74, 6) is 0. The van der Waals surface area contributed by atoms with Gasteiger partial charge in [0.05, 0.1) is 6.61 Å². The molecule has 0 bridgehead atoms. The fraction of sp³-hybridized carbons (Fsp3) is 0.571. The van der Waals surface area contributed by atoms with E-state index >= 15 is 0 Å². The second-order valence-corrected chi connectivity index (χ2v) is 5.27. The van der Waals surface area contributed by atoms with Gasteiger partial charge in [-0.3, -0.25) is 0 Å². The predicted octanol–water partition coefficient (Wildman–Crippen LogP) is 3.60. The summed E-state index contributed by atoms with van der Waals surface area (Å²) in [6.07, 6.45) is 6.46. The molecule has 0 aliphatic heterocycles. The van der Waals surface area contributed by atoms with E-state index in [0.29, 0.717) is 6.04 Å². The summed E-state index contributed by atoms with van der Waals surface area (Å²) < 4.78 is 0. The maximum Gasteiger partial charge on any atom is 0.0702 e. The summed E-state index contributed by atoms with van der Waals surface area (Å²) in [7, 11) is 2.11. The molecule has 0 aromatic heterocycles. The van der Waals surface area contributed by atoms with Gasteiger partial charge in [-0.15, -0.1) is 0 Å². The zero-order valence-corrected chi connectivity index (χ0v) is 11.1. The standard InChI is InChI=1S/C14H20ClNO/c1-16(13-5-3-2-4-6-13)14-9-12(15)8-7-11(14)10-17/h7-9,13,17H,2-6,10H2,1H3. The first-order chi connectivity index (χ1) is 8.22. The second kappa shape index (κ2) is 5.74. The number of anilines is 1. The van der Waals surface area contributed by atoms with Crippen LogP contribution in [0.15, 0.2) is 18.2 Å². The van der Waals surface area contributed by atoms with Gasteiger partial charge >= 0.3 is 0 Å². The van der Waals surface area contributed by atoms with Crippen LogP contribution in [0.3, 0.4) is 0 Å². The monoisotopic (exact) mass is 253 g/mol. The van der Waals surface area contributed by atoms with E-state index in [2.05, 4.69) is 11.9 Å². The Morgan fingerprint density at radius 1 is 1.29 bits per heavy atom. The molecule has 0 spiro atoms. The van der Waals surface area contributed by atoms with E-state index in [1.165, 1.54) is 32.1 Å². The molecular formula is C14H20ClNO. The molecule has 3 heteroatoms. The third kappa shape index (κ3) is 2.93. The van der Waals surface area contributed by atoms with Crippen LogP contribution in [0.4, 0.5) is 5.69 Å². The second-order valence-electron chi connectivity index (χ2n) is 4.83. The minimum absolute atomic E-state index is 0.0730. The highest BCUT2D eigenvalue weighted by molar-refractivity contribution is 6.30. The Bertz CT molecular complexity index is 374. The van der Waals surface area contributed by atoms with Crippen LogP contribution in [-0.4, -0.2) is 18.2 Å². The summed E-state index contributed by atoms with van der Waals surface area (Å²) in [5.41, 5.74) is 2.04. The normalized spacial score (nSPS) is 17.1. The lowest BCUT2D eigenvalue weighted by Crippen LogP contribution is -2.33. The first-order valence-corrected chi connectivity index (χ1v) is 6.72. The molecular weight excluding hydrogens is 234 g/mol. The molecule has 1 aromatic rings. The van der Waals surface area contributed by atoms with Crippen LogP contribution in [0.5, 0.6) is 0 Å². The molecule has 0 heterocycles. The number of aliphatic hydroxyl groups excluding tert-OH is 1. The Kier molecular flexibility index (Phi) is 4.30. The third-order valence-corrected chi connectivity index (χ3v) is 3.96. The van der Waals surface area contributed by atoms with Gasteiger partial charge in [0.15, 0.2) is 0 Å². The topological polar surface area (TPSA) is 23.5 Å². The van der Waals surface area contributed by atoms with Gasteiger partial charge in [-0.05, 0) is 25.0 Å². The SMILES string of the molecule is CN(c1cc(Cl)ccc1CO)C1CCCCC1. The number of hydrogen-bond acceptors (Lipinski definition) is 2. The average Bonchev–Trinajstić information content (AvgIpc) is 2.39. The Labute approximate surface area is 108 Å². The molecule has 0 saturated heterocycles. The quantitative estimate of drug-likeness (QED) is 0.890. The lowest BCUT2D eigenvalue weighted by molar-refractivity contribution is 0.281. The first kappa shape index (κ1) is 12.7. The fourth-order valence-electron chi connectivity index (χ4n) is 2.66. The number of rotatable bonds is 3. The molecule has 0 radical (unpaired) electrons. The smallest absolute Gasteiger partial charge is 0.0702 e. The summed E-state index contributed by atoms with van der Waals surface area (Å²) in [5, 5.41) is 10.1. The number of benzene rings is 1. The summed E-state index contributed by atoms with van der Waals surface area (Å²) in [4.78, 5) is 2.29. The maximum atomic E-state index is 9.39.